The number of ether oxygens (including phenoxy) is 1. The van der Waals surface area contributed by atoms with E-state index in [0.29, 0.717) is 36.5 Å². The number of aromatic nitrogens is 1. The fourth-order valence-corrected chi connectivity index (χ4v) is 8.69. The van der Waals surface area contributed by atoms with Gasteiger partial charge in [-0.25, -0.2) is 8.42 Å². The van der Waals surface area contributed by atoms with Crippen molar-refractivity contribution in [2.75, 3.05) is 11.3 Å². The van der Waals surface area contributed by atoms with E-state index >= 15 is 0 Å². The summed E-state index contributed by atoms with van der Waals surface area (Å²) in [7, 11) is -3.96. The Morgan fingerprint density at radius 2 is 1.74 bits per heavy atom. The molecule has 4 heterocycles. The van der Waals surface area contributed by atoms with E-state index in [2.05, 4.69) is 70.4 Å². The molecule has 1 unspecified atom stereocenters. The number of fused-ring (bicyclic) bond motifs is 1. The van der Waals surface area contributed by atoms with Gasteiger partial charge < -0.3 is 9.26 Å². The van der Waals surface area contributed by atoms with Gasteiger partial charge >= 0.3 is 0 Å². The molecule has 9 nitrogen and oxygen atoms in total. The molecule has 0 saturated carbocycles. The van der Waals surface area contributed by atoms with Crippen LogP contribution in [0.15, 0.2) is 89.8 Å². The fourth-order valence-electron chi connectivity index (χ4n) is 5.99. The predicted molar refractivity (Wildman–Crippen MR) is 183 cm³/mol. The van der Waals surface area contributed by atoms with Gasteiger partial charge in [0, 0.05) is 45.9 Å². The number of hydrogen-bond acceptors (Lipinski definition) is 9. The first-order valence-corrected chi connectivity index (χ1v) is 17.5. The number of benzene rings is 2. The highest BCUT2D eigenvalue weighted by Gasteiger charge is 2.39. The first-order chi connectivity index (χ1) is 21.9. The molecule has 0 radical (unpaired) electrons. The van der Waals surface area contributed by atoms with Crippen molar-refractivity contribution < 1.29 is 17.7 Å². The third kappa shape index (κ3) is 6.02. The lowest BCUT2D eigenvalue weighted by atomic mass is 9.79. The third-order valence-electron chi connectivity index (χ3n) is 8.31. The minimum Gasteiger partial charge on any atom is -0.377 e. The number of nitrogens with one attached hydrogen (secondary N) is 1. The Labute approximate surface area is 273 Å². The highest BCUT2D eigenvalue weighted by Crippen LogP contribution is 2.45. The summed E-state index contributed by atoms with van der Waals surface area (Å²) in [5, 5.41) is 13.1. The van der Waals surface area contributed by atoms with E-state index in [9.17, 15) is 8.42 Å². The maximum Gasteiger partial charge on any atom is 0.273 e. The van der Waals surface area contributed by atoms with Crippen LogP contribution in [0.4, 0.5) is 5.82 Å². The molecule has 2 aromatic heterocycles. The first kappa shape index (κ1) is 31.8. The Morgan fingerprint density at radius 1 is 0.978 bits per heavy atom. The molecule has 0 amide bonds. The number of nitrogens with zero attached hydrogens (tertiary/aromatic N) is 4. The lowest BCUT2D eigenvalue weighted by Crippen LogP contribution is -2.32. The molecule has 1 atom stereocenters. The molecule has 0 bridgehead atoms. The van der Waals surface area contributed by atoms with E-state index in [1.165, 1.54) is 16.9 Å². The van der Waals surface area contributed by atoms with Crippen LogP contribution in [0.25, 0.3) is 16.8 Å². The van der Waals surface area contributed by atoms with Crippen molar-refractivity contribution in [2.24, 2.45) is 15.2 Å². The number of sulfonamides is 1. The van der Waals surface area contributed by atoms with Gasteiger partial charge in [0.2, 0.25) is 0 Å². The van der Waals surface area contributed by atoms with Crippen LogP contribution < -0.4 is 4.72 Å². The monoisotopic (exact) mass is 655 g/mol. The number of thiophene rings is 1. The highest BCUT2D eigenvalue weighted by atomic mass is 32.2. The molecule has 0 spiro atoms. The predicted octanol–water partition coefficient (Wildman–Crippen LogP) is 8.51. The summed E-state index contributed by atoms with van der Waals surface area (Å²) >= 11 is 1.22. The molecule has 4 aromatic rings. The van der Waals surface area contributed by atoms with Gasteiger partial charge in [0.25, 0.3) is 10.0 Å². The molecule has 2 aliphatic heterocycles. The average molecular weight is 656 g/mol. The quantitative estimate of drug-likeness (QED) is 0.184. The first-order valence-electron chi connectivity index (χ1n) is 15.2. The van der Waals surface area contributed by atoms with Gasteiger partial charge in [0.15, 0.2) is 5.82 Å². The normalized spacial score (nSPS) is 17.7. The average Bonchev–Trinajstić information content (AvgIpc) is 3.70. The number of aryl methyl sites for hydroxylation is 3. The molecule has 11 heteroatoms. The lowest BCUT2D eigenvalue weighted by Gasteiger charge is -2.31. The van der Waals surface area contributed by atoms with Gasteiger partial charge in [-0.15, -0.1) is 21.6 Å². The summed E-state index contributed by atoms with van der Waals surface area (Å²) in [6.07, 6.45) is 2.58. The zero-order valence-corrected chi connectivity index (χ0v) is 28.7. The fraction of sp³-hybridized carbons (Fsp3) is 0.314. The standard InChI is InChI=1S/C35H37N5O4S2/c1-8-43-19-27-17-25(18-35(7)31-30(15-21(3)36-35)37-38-32(31)26-12-9-20(2)10-13-26)11-14-28(27)29-16-22(4)45-34(29)46(41,42)40-33-23(5)24(6)44-39-33/h9-17H,8,18-19H2,1-7H3,(H,39,40). The number of rotatable bonds is 10. The van der Waals surface area contributed by atoms with E-state index in [1.54, 1.807) is 13.8 Å². The van der Waals surface area contributed by atoms with Crippen LogP contribution in [-0.2, 0) is 27.8 Å². The Kier molecular flexibility index (Phi) is 8.43. The molecule has 0 saturated heterocycles. The van der Waals surface area contributed by atoms with Crippen LogP contribution in [-0.4, -0.2) is 31.4 Å². The van der Waals surface area contributed by atoms with Gasteiger partial charge in [-0.1, -0.05) is 53.2 Å². The van der Waals surface area contributed by atoms with Crippen LogP contribution in [0.2, 0.25) is 0 Å². The summed E-state index contributed by atoms with van der Waals surface area (Å²) in [6.45, 7) is 14.4. The largest absolute Gasteiger partial charge is 0.377 e. The van der Waals surface area contributed by atoms with Crippen molar-refractivity contribution in [3.05, 3.63) is 104 Å². The zero-order chi connectivity index (χ0) is 32.8. The molecule has 6 rings (SSSR count). The van der Waals surface area contributed by atoms with E-state index in [-0.39, 0.29) is 10.0 Å². The van der Waals surface area contributed by atoms with Crippen molar-refractivity contribution in [1.29, 1.82) is 0 Å². The maximum absolute atomic E-state index is 13.7. The Balaban J connectivity index is 1.40. The van der Waals surface area contributed by atoms with E-state index in [1.807, 2.05) is 39.0 Å². The van der Waals surface area contributed by atoms with Crippen molar-refractivity contribution in [3.8, 4) is 11.1 Å². The molecular weight excluding hydrogens is 619 g/mol. The number of aliphatic imine (C=N–C) groups is 1. The van der Waals surface area contributed by atoms with Crippen molar-refractivity contribution in [1.82, 2.24) is 5.16 Å². The van der Waals surface area contributed by atoms with E-state index < -0.39 is 15.6 Å². The summed E-state index contributed by atoms with van der Waals surface area (Å²) in [5.41, 5.74) is 9.15. The Bertz CT molecular complexity index is 2070. The molecule has 2 aliphatic rings. The van der Waals surface area contributed by atoms with Crippen LogP contribution in [0.1, 0.15) is 59.2 Å². The highest BCUT2D eigenvalue weighted by molar-refractivity contribution is 7.94. The lowest BCUT2D eigenvalue weighted by molar-refractivity contribution is 0.134. The maximum atomic E-state index is 13.7. The van der Waals surface area contributed by atoms with Crippen LogP contribution in [0, 0.1) is 27.7 Å². The number of dihydropyridines is 1. The van der Waals surface area contributed by atoms with Gasteiger partial charge in [-0.3, -0.25) is 9.71 Å². The summed E-state index contributed by atoms with van der Waals surface area (Å²) < 4.78 is 41.4. The minimum absolute atomic E-state index is 0.189. The smallest absolute Gasteiger partial charge is 0.273 e. The molecular formula is C35H37N5O4S2. The molecule has 0 aliphatic carbocycles. The SMILES string of the molecule is CCOCc1cc(CC2(C)N=C(C)C=C3N=NC(c4ccc(C)cc4)=C32)ccc1-c1cc(C)sc1S(=O)(=O)Nc1noc(C)c1C. The Morgan fingerprint density at radius 3 is 2.43 bits per heavy atom. The van der Waals surface area contributed by atoms with Crippen molar-refractivity contribution in [3.63, 3.8) is 0 Å². The summed E-state index contributed by atoms with van der Waals surface area (Å²) in [5.74, 6) is 0.749. The van der Waals surface area contributed by atoms with Crippen molar-refractivity contribution >= 4 is 38.6 Å². The molecule has 0 fully saturated rings. The van der Waals surface area contributed by atoms with E-state index in [4.69, 9.17) is 14.3 Å². The second-order valence-electron chi connectivity index (χ2n) is 12.0. The van der Waals surface area contributed by atoms with E-state index in [0.717, 1.165) is 49.8 Å². The molecule has 1 N–H and O–H groups in total. The summed E-state index contributed by atoms with van der Waals surface area (Å²) in [6, 6.07) is 16.4. The third-order valence-corrected chi connectivity index (χ3v) is 11.2. The second kappa shape index (κ2) is 12.2. The topological polar surface area (TPSA) is 119 Å². The zero-order valence-electron chi connectivity index (χ0n) is 27.1. The van der Waals surface area contributed by atoms with Crippen LogP contribution >= 0.6 is 11.3 Å². The van der Waals surface area contributed by atoms with Gasteiger partial charge in [0.1, 0.15) is 15.7 Å². The Hall–Kier alpha value is -4.19. The van der Waals surface area contributed by atoms with Gasteiger partial charge in [-0.2, -0.15) is 0 Å². The molecule has 238 valence electrons. The molecule has 2 aromatic carbocycles. The number of allylic oxidation sites excluding steroid dienone is 1. The number of hydrogen-bond donors (Lipinski definition) is 1. The van der Waals surface area contributed by atoms with Crippen LogP contribution in [0.3, 0.4) is 0 Å². The van der Waals surface area contributed by atoms with Gasteiger partial charge in [-0.05, 0) is 77.3 Å². The van der Waals surface area contributed by atoms with Gasteiger partial charge in [0.05, 0.1) is 17.8 Å². The van der Waals surface area contributed by atoms with Crippen LogP contribution in [0.5, 0.6) is 0 Å². The summed E-state index contributed by atoms with van der Waals surface area (Å²) in [4.78, 5) is 6.02. The van der Waals surface area contributed by atoms with Crippen molar-refractivity contribution in [2.45, 2.75) is 71.2 Å². The second-order valence-corrected chi connectivity index (χ2v) is 15.2. The number of azo groups is 1. The number of anilines is 1. The minimum atomic E-state index is -3.96. The molecule has 46 heavy (non-hydrogen) atoms.